The number of pyridine rings is 1. The van der Waals surface area contributed by atoms with Crippen LogP contribution in [0.4, 0.5) is 13.2 Å². The number of rotatable bonds is 3. The van der Waals surface area contributed by atoms with E-state index < -0.39 is 17.7 Å². The molecule has 0 amide bonds. The van der Waals surface area contributed by atoms with Crippen molar-refractivity contribution in [1.29, 1.82) is 0 Å². The second-order valence-corrected chi connectivity index (χ2v) is 5.72. The number of carboxylic acid groups (broad SMARTS) is 1. The number of Topliss-reactive ketones (excluding diaryl/α,β-unsaturated/α-hetero) is 1. The van der Waals surface area contributed by atoms with Crippen LogP contribution >= 0.6 is 0 Å². The van der Waals surface area contributed by atoms with Gasteiger partial charge in [0.2, 0.25) is 0 Å². The summed E-state index contributed by atoms with van der Waals surface area (Å²) in [5.41, 5.74) is 0.502. The largest absolute Gasteiger partial charge is 0.478 e. The summed E-state index contributed by atoms with van der Waals surface area (Å²) in [5, 5.41) is 9.60. The smallest absolute Gasteiger partial charge is 0.416 e. The van der Waals surface area contributed by atoms with Crippen molar-refractivity contribution in [3.05, 3.63) is 65.2 Å². The van der Waals surface area contributed by atoms with Crippen molar-refractivity contribution in [1.82, 2.24) is 4.98 Å². The van der Waals surface area contributed by atoms with Crippen LogP contribution in [0, 0.1) is 0 Å². The van der Waals surface area contributed by atoms with E-state index in [1.807, 2.05) is 0 Å². The fourth-order valence-corrected chi connectivity index (χ4v) is 2.63. The molecule has 0 aliphatic heterocycles. The van der Waals surface area contributed by atoms with E-state index in [2.05, 4.69) is 4.98 Å². The summed E-state index contributed by atoms with van der Waals surface area (Å²) in [4.78, 5) is 27.4. The zero-order chi connectivity index (χ0) is 19.1. The molecule has 3 rings (SSSR count). The molecule has 0 bridgehead atoms. The standard InChI is InChI=1S/C19H12F3NO3/c1-10(24)15-9-16(11-2-5-13(6-3-11)19(20,21)22)23-17-8-12(18(25)26)4-7-14(15)17/h2-9H,1H3,(H,25,26). The third-order valence-corrected chi connectivity index (χ3v) is 3.94. The Labute approximate surface area is 145 Å². The fraction of sp³-hybridized carbons (Fsp3) is 0.105. The molecule has 0 unspecified atom stereocenters. The van der Waals surface area contributed by atoms with E-state index in [1.54, 1.807) is 0 Å². The van der Waals surface area contributed by atoms with Crippen molar-refractivity contribution in [2.45, 2.75) is 13.1 Å². The number of alkyl halides is 3. The normalized spacial score (nSPS) is 11.5. The topological polar surface area (TPSA) is 67.3 Å². The van der Waals surface area contributed by atoms with Gasteiger partial charge in [0, 0.05) is 16.5 Å². The molecule has 0 spiro atoms. The van der Waals surface area contributed by atoms with Crippen LogP contribution in [0.5, 0.6) is 0 Å². The number of carbonyl (C=O) groups excluding carboxylic acids is 1. The second-order valence-electron chi connectivity index (χ2n) is 5.72. The number of fused-ring (bicyclic) bond motifs is 1. The molecular formula is C19H12F3NO3. The molecule has 2 aromatic carbocycles. The van der Waals surface area contributed by atoms with Crippen molar-refractivity contribution in [3.63, 3.8) is 0 Å². The van der Waals surface area contributed by atoms with Crippen LogP contribution < -0.4 is 0 Å². The molecule has 1 heterocycles. The lowest BCUT2D eigenvalue weighted by Crippen LogP contribution is -2.04. The van der Waals surface area contributed by atoms with Crippen molar-refractivity contribution >= 4 is 22.7 Å². The minimum Gasteiger partial charge on any atom is -0.478 e. The molecule has 0 saturated carbocycles. The number of hydrogen-bond donors (Lipinski definition) is 1. The number of aromatic nitrogens is 1. The first-order valence-corrected chi connectivity index (χ1v) is 7.53. The van der Waals surface area contributed by atoms with Gasteiger partial charge in [0.05, 0.1) is 22.3 Å². The van der Waals surface area contributed by atoms with Gasteiger partial charge in [-0.05, 0) is 37.3 Å². The molecule has 26 heavy (non-hydrogen) atoms. The SMILES string of the molecule is CC(=O)c1cc(-c2ccc(C(F)(F)F)cc2)nc2cc(C(=O)O)ccc12. The maximum absolute atomic E-state index is 12.7. The van der Waals surface area contributed by atoms with E-state index in [-0.39, 0.29) is 16.9 Å². The number of aromatic carboxylic acids is 1. The lowest BCUT2D eigenvalue weighted by atomic mass is 10.00. The molecule has 7 heteroatoms. The van der Waals surface area contributed by atoms with Crippen molar-refractivity contribution < 1.29 is 27.9 Å². The predicted molar refractivity (Wildman–Crippen MR) is 89.1 cm³/mol. The minimum atomic E-state index is -4.45. The number of nitrogens with zero attached hydrogens (tertiary/aromatic N) is 1. The Morgan fingerprint density at radius 2 is 1.65 bits per heavy atom. The number of hydrogen-bond acceptors (Lipinski definition) is 3. The molecule has 132 valence electrons. The van der Waals surface area contributed by atoms with Crippen LogP contribution in [0.15, 0.2) is 48.5 Å². The molecule has 0 aliphatic rings. The Morgan fingerprint density at radius 3 is 2.19 bits per heavy atom. The van der Waals surface area contributed by atoms with E-state index in [1.165, 1.54) is 43.3 Å². The molecule has 0 atom stereocenters. The highest BCUT2D eigenvalue weighted by molar-refractivity contribution is 6.08. The molecule has 0 saturated heterocycles. The van der Waals surface area contributed by atoms with Crippen molar-refractivity contribution in [3.8, 4) is 11.3 Å². The Kier molecular flexibility index (Phi) is 4.23. The Morgan fingerprint density at radius 1 is 1.00 bits per heavy atom. The summed E-state index contributed by atoms with van der Waals surface area (Å²) in [7, 11) is 0. The summed E-state index contributed by atoms with van der Waals surface area (Å²) >= 11 is 0. The highest BCUT2D eigenvalue weighted by atomic mass is 19.4. The second kappa shape index (κ2) is 6.25. The van der Waals surface area contributed by atoms with Crippen molar-refractivity contribution in [2.75, 3.05) is 0 Å². The molecule has 4 nitrogen and oxygen atoms in total. The first-order valence-electron chi connectivity index (χ1n) is 7.53. The maximum atomic E-state index is 12.7. The van der Waals surface area contributed by atoms with Crippen LogP contribution in [0.3, 0.4) is 0 Å². The van der Waals surface area contributed by atoms with Gasteiger partial charge >= 0.3 is 12.1 Å². The third-order valence-electron chi connectivity index (χ3n) is 3.94. The maximum Gasteiger partial charge on any atom is 0.416 e. The monoisotopic (exact) mass is 359 g/mol. The van der Waals surface area contributed by atoms with E-state index in [9.17, 15) is 22.8 Å². The first-order chi connectivity index (χ1) is 12.2. The van der Waals surface area contributed by atoms with E-state index in [0.29, 0.717) is 22.2 Å². The van der Waals surface area contributed by atoms with Gasteiger partial charge in [0.1, 0.15) is 0 Å². The number of halogens is 3. The van der Waals surface area contributed by atoms with Crippen LogP contribution in [-0.4, -0.2) is 21.8 Å². The highest BCUT2D eigenvalue weighted by Crippen LogP contribution is 2.31. The van der Waals surface area contributed by atoms with Gasteiger partial charge in [-0.1, -0.05) is 18.2 Å². The lowest BCUT2D eigenvalue weighted by Gasteiger charge is -2.10. The van der Waals surface area contributed by atoms with Crippen LogP contribution in [0.1, 0.15) is 33.2 Å². The van der Waals surface area contributed by atoms with Gasteiger partial charge in [-0.25, -0.2) is 9.78 Å². The number of ketones is 1. The molecule has 0 aliphatic carbocycles. The van der Waals surface area contributed by atoms with Crippen molar-refractivity contribution in [2.24, 2.45) is 0 Å². The lowest BCUT2D eigenvalue weighted by molar-refractivity contribution is -0.137. The van der Waals surface area contributed by atoms with Gasteiger partial charge in [0.15, 0.2) is 5.78 Å². The average Bonchev–Trinajstić information content (AvgIpc) is 2.59. The summed E-state index contributed by atoms with van der Waals surface area (Å²) in [5.74, 6) is -1.40. The molecule has 0 radical (unpaired) electrons. The summed E-state index contributed by atoms with van der Waals surface area (Å²) in [6.45, 7) is 1.36. The summed E-state index contributed by atoms with van der Waals surface area (Å²) < 4.78 is 38.1. The molecule has 3 aromatic rings. The number of benzene rings is 2. The van der Waals surface area contributed by atoms with Gasteiger partial charge in [0.25, 0.3) is 0 Å². The quantitative estimate of drug-likeness (QED) is 0.681. The van der Waals surface area contributed by atoms with Crippen LogP contribution in [0.2, 0.25) is 0 Å². The number of carbonyl (C=O) groups is 2. The Hall–Kier alpha value is -3.22. The first kappa shape index (κ1) is 17.6. The zero-order valence-electron chi connectivity index (χ0n) is 13.5. The molecule has 1 N–H and O–H groups in total. The highest BCUT2D eigenvalue weighted by Gasteiger charge is 2.30. The predicted octanol–water partition coefficient (Wildman–Crippen LogP) is 4.82. The summed E-state index contributed by atoms with van der Waals surface area (Å²) in [6, 6.07) is 10.1. The van der Waals surface area contributed by atoms with E-state index in [0.717, 1.165) is 12.1 Å². The summed E-state index contributed by atoms with van der Waals surface area (Å²) in [6.07, 6.45) is -4.45. The molecule has 1 aromatic heterocycles. The molecule has 0 fully saturated rings. The Balaban J connectivity index is 2.19. The Bertz CT molecular complexity index is 1020. The number of carboxylic acids is 1. The zero-order valence-corrected chi connectivity index (χ0v) is 13.5. The average molecular weight is 359 g/mol. The fourth-order valence-electron chi connectivity index (χ4n) is 2.63. The minimum absolute atomic E-state index is 0.00377. The third kappa shape index (κ3) is 3.28. The van der Waals surface area contributed by atoms with Gasteiger partial charge in [-0.15, -0.1) is 0 Å². The van der Waals surface area contributed by atoms with Gasteiger partial charge in [-0.3, -0.25) is 4.79 Å². The van der Waals surface area contributed by atoms with Gasteiger partial charge < -0.3 is 5.11 Å². The van der Waals surface area contributed by atoms with Crippen LogP contribution in [0.25, 0.3) is 22.2 Å². The van der Waals surface area contributed by atoms with Crippen LogP contribution in [-0.2, 0) is 6.18 Å². The van der Waals surface area contributed by atoms with E-state index >= 15 is 0 Å². The molecular weight excluding hydrogens is 347 g/mol. The van der Waals surface area contributed by atoms with E-state index in [4.69, 9.17) is 5.11 Å². The van der Waals surface area contributed by atoms with Gasteiger partial charge in [-0.2, -0.15) is 13.2 Å².